The quantitative estimate of drug-likeness (QED) is 0.825. The number of fused-ring (bicyclic) bond motifs is 2. The van der Waals surface area contributed by atoms with Crippen LogP contribution < -0.4 is 0 Å². The molecule has 1 aliphatic carbocycles. The zero-order valence-corrected chi connectivity index (χ0v) is 14.9. The summed E-state index contributed by atoms with van der Waals surface area (Å²) in [6.07, 6.45) is 2.13. The number of carbonyl (C=O) groups is 1. The van der Waals surface area contributed by atoms with Crippen LogP contribution in [0.2, 0.25) is 0 Å². The molecule has 0 N–H and O–H groups in total. The number of ether oxygens (including phenoxy) is 2. The van der Waals surface area contributed by atoms with E-state index in [4.69, 9.17) is 9.47 Å². The van der Waals surface area contributed by atoms with E-state index >= 15 is 0 Å². The van der Waals surface area contributed by atoms with Gasteiger partial charge < -0.3 is 14.4 Å². The second-order valence-corrected chi connectivity index (χ2v) is 8.84. The summed E-state index contributed by atoms with van der Waals surface area (Å²) in [6.45, 7) is 9.11. The van der Waals surface area contributed by atoms with Crippen molar-refractivity contribution < 1.29 is 14.3 Å². The van der Waals surface area contributed by atoms with E-state index in [0.717, 1.165) is 6.61 Å². The lowest BCUT2D eigenvalue weighted by molar-refractivity contribution is -0.0101. The van der Waals surface area contributed by atoms with Gasteiger partial charge >= 0.3 is 6.09 Å². The molecule has 1 fully saturated rings. The third-order valence-corrected chi connectivity index (χ3v) is 5.58. The number of amides is 1. The van der Waals surface area contributed by atoms with Gasteiger partial charge in [-0.1, -0.05) is 0 Å². The molecule has 0 bridgehead atoms. The van der Waals surface area contributed by atoms with Crippen molar-refractivity contribution in [2.75, 3.05) is 20.2 Å². The predicted octanol–water partition coefficient (Wildman–Crippen LogP) is 4.03. The first kappa shape index (κ1) is 15.8. The summed E-state index contributed by atoms with van der Waals surface area (Å²) in [4.78, 5) is 16.6. The van der Waals surface area contributed by atoms with E-state index in [1.54, 1.807) is 11.9 Å². The molecule has 2 aliphatic rings. The molecule has 1 aromatic rings. The highest BCUT2D eigenvalue weighted by atomic mass is 32.1. The molecule has 1 atom stereocenters. The zero-order chi connectivity index (χ0) is 16.1. The first-order chi connectivity index (χ1) is 10.2. The van der Waals surface area contributed by atoms with Crippen LogP contribution in [0.3, 0.4) is 0 Å². The predicted molar refractivity (Wildman–Crippen MR) is 87.5 cm³/mol. The van der Waals surface area contributed by atoms with Gasteiger partial charge in [0.2, 0.25) is 0 Å². The van der Waals surface area contributed by atoms with Crippen LogP contribution in [-0.4, -0.2) is 36.8 Å². The van der Waals surface area contributed by atoms with Crippen LogP contribution in [-0.2, 0) is 14.9 Å². The van der Waals surface area contributed by atoms with Crippen molar-refractivity contribution in [2.45, 2.75) is 57.7 Å². The van der Waals surface area contributed by atoms with Crippen LogP contribution >= 0.6 is 11.3 Å². The summed E-state index contributed by atoms with van der Waals surface area (Å²) >= 11 is 1.89. The number of likely N-dealkylation sites (N-methyl/N-ethyl adjacent to an activating group) is 1. The summed E-state index contributed by atoms with van der Waals surface area (Å²) in [6, 6.07) is 2.23. The van der Waals surface area contributed by atoms with Crippen LogP contribution in [0.15, 0.2) is 6.07 Å². The molecule has 122 valence electrons. The molecule has 0 saturated heterocycles. The lowest BCUT2D eigenvalue weighted by atomic mass is 9.95. The van der Waals surface area contributed by atoms with Gasteiger partial charge in [-0.05, 0) is 52.2 Å². The Balaban J connectivity index is 1.72. The Morgan fingerprint density at radius 1 is 1.50 bits per heavy atom. The van der Waals surface area contributed by atoms with Crippen molar-refractivity contribution in [1.29, 1.82) is 0 Å². The summed E-state index contributed by atoms with van der Waals surface area (Å²) in [5.41, 5.74) is 1.10. The molecule has 4 nitrogen and oxygen atoms in total. The number of nitrogens with zero attached hydrogens (tertiary/aromatic N) is 1. The molecule has 2 heterocycles. The Bertz CT molecular complexity index is 583. The van der Waals surface area contributed by atoms with Gasteiger partial charge in [0.1, 0.15) is 11.7 Å². The molecule has 1 saturated carbocycles. The van der Waals surface area contributed by atoms with Crippen molar-refractivity contribution in [1.82, 2.24) is 4.90 Å². The lowest BCUT2D eigenvalue weighted by Gasteiger charge is -2.32. The minimum Gasteiger partial charge on any atom is -0.444 e. The average Bonchev–Trinajstić information content (AvgIpc) is 3.05. The second kappa shape index (κ2) is 5.24. The number of hydrogen-bond donors (Lipinski definition) is 0. The highest BCUT2D eigenvalue weighted by Crippen LogP contribution is 2.56. The van der Waals surface area contributed by atoms with E-state index in [1.807, 2.05) is 32.1 Å². The largest absolute Gasteiger partial charge is 0.444 e. The maximum absolute atomic E-state index is 12.1. The molecule has 0 aromatic carbocycles. The Labute approximate surface area is 136 Å². The molecule has 1 unspecified atom stereocenters. The minimum atomic E-state index is -0.471. The van der Waals surface area contributed by atoms with E-state index in [2.05, 4.69) is 13.0 Å². The maximum Gasteiger partial charge on any atom is 0.410 e. The fourth-order valence-electron chi connectivity index (χ4n) is 2.94. The van der Waals surface area contributed by atoms with Gasteiger partial charge in [-0.2, -0.15) is 0 Å². The van der Waals surface area contributed by atoms with Crippen LogP contribution in [0, 0.1) is 6.92 Å². The molecular formula is C17H25NO3S. The fourth-order valence-corrected chi connectivity index (χ4v) is 4.24. The molecule has 1 aliphatic heterocycles. The highest BCUT2D eigenvalue weighted by molar-refractivity contribution is 7.12. The summed E-state index contributed by atoms with van der Waals surface area (Å²) < 4.78 is 11.5. The first-order valence-corrected chi connectivity index (χ1v) is 8.68. The Kier molecular flexibility index (Phi) is 3.76. The summed E-state index contributed by atoms with van der Waals surface area (Å²) in [7, 11) is 1.78. The summed E-state index contributed by atoms with van der Waals surface area (Å²) in [5, 5.41) is 0. The van der Waals surface area contributed by atoms with E-state index in [1.165, 1.54) is 28.2 Å². The van der Waals surface area contributed by atoms with E-state index < -0.39 is 5.60 Å². The van der Waals surface area contributed by atoms with Crippen LogP contribution in [0.4, 0.5) is 4.79 Å². The topological polar surface area (TPSA) is 38.8 Å². The van der Waals surface area contributed by atoms with Gasteiger partial charge in [-0.25, -0.2) is 4.79 Å². The number of carbonyl (C=O) groups excluding carboxylic acids is 1. The summed E-state index contributed by atoms with van der Waals surface area (Å²) in [5.74, 6) is 0. The number of thiophene rings is 1. The smallest absolute Gasteiger partial charge is 0.410 e. The fraction of sp³-hybridized carbons (Fsp3) is 0.706. The Morgan fingerprint density at radius 2 is 2.18 bits per heavy atom. The number of hydrogen-bond acceptors (Lipinski definition) is 4. The normalized spacial score (nSPS) is 22.3. The van der Waals surface area contributed by atoms with Crippen molar-refractivity contribution in [3.63, 3.8) is 0 Å². The van der Waals surface area contributed by atoms with Crippen LogP contribution in [0.25, 0.3) is 0 Å². The highest BCUT2D eigenvalue weighted by Gasteiger charge is 2.51. The molecule has 3 rings (SSSR count). The van der Waals surface area contributed by atoms with E-state index in [9.17, 15) is 4.79 Å². The van der Waals surface area contributed by atoms with Crippen molar-refractivity contribution in [3.05, 3.63) is 21.4 Å². The Hall–Kier alpha value is -1.07. The third kappa shape index (κ3) is 3.01. The van der Waals surface area contributed by atoms with Crippen molar-refractivity contribution >= 4 is 17.4 Å². The standard InChI is InChI=1S/C17H25NO3S/c1-11-8-12-13(9-18(5)15(19)21-16(2,3)4)20-10-17(6-7-17)14(12)22-11/h8,13H,6-7,9-10H2,1-5H3. The van der Waals surface area contributed by atoms with Gasteiger partial charge in [0.25, 0.3) is 0 Å². The van der Waals surface area contributed by atoms with Gasteiger partial charge in [-0.3, -0.25) is 0 Å². The second-order valence-electron chi connectivity index (χ2n) is 7.58. The van der Waals surface area contributed by atoms with Crippen molar-refractivity contribution in [3.8, 4) is 0 Å². The molecule has 1 spiro atoms. The van der Waals surface area contributed by atoms with Gasteiger partial charge in [-0.15, -0.1) is 11.3 Å². The molecule has 5 heteroatoms. The third-order valence-electron chi connectivity index (χ3n) is 4.27. The molecule has 0 radical (unpaired) electrons. The van der Waals surface area contributed by atoms with Gasteiger partial charge in [0.05, 0.1) is 13.2 Å². The van der Waals surface area contributed by atoms with E-state index in [0.29, 0.717) is 6.54 Å². The molecule has 1 amide bonds. The van der Waals surface area contributed by atoms with Crippen LogP contribution in [0.5, 0.6) is 0 Å². The van der Waals surface area contributed by atoms with E-state index in [-0.39, 0.29) is 17.6 Å². The van der Waals surface area contributed by atoms with Crippen LogP contribution in [0.1, 0.15) is 55.0 Å². The first-order valence-electron chi connectivity index (χ1n) is 7.87. The minimum absolute atomic E-state index is 0.0382. The zero-order valence-electron chi connectivity index (χ0n) is 14.1. The van der Waals surface area contributed by atoms with Crippen molar-refractivity contribution in [2.24, 2.45) is 0 Å². The molecule has 1 aromatic heterocycles. The van der Waals surface area contributed by atoms with Gasteiger partial charge in [0, 0.05) is 22.2 Å². The Morgan fingerprint density at radius 3 is 2.77 bits per heavy atom. The van der Waals surface area contributed by atoms with Gasteiger partial charge in [0.15, 0.2) is 0 Å². The lowest BCUT2D eigenvalue weighted by Crippen LogP contribution is -2.38. The molecule has 22 heavy (non-hydrogen) atoms. The SMILES string of the molecule is Cc1cc2c(s1)C1(CC1)COC2CN(C)C(=O)OC(C)(C)C. The monoisotopic (exact) mass is 323 g/mol. The number of rotatable bonds is 2. The maximum atomic E-state index is 12.1. The number of aryl methyl sites for hydroxylation is 1. The average molecular weight is 323 g/mol. The molecular weight excluding hydrogens is 298 g/mol.